The molecule has 0 bridgehead atoms. The lowest BCUT2D eigenvalue weighted by Gasteiger charge is -2.18. The predicted molar refractivity (Wildman–Crippen MR) is 94.1 cm³/mol. The number of primary amides is 1. The van der Waals surface area contributed by atoms with Gasteiger partial charge in [-0.05, 0) is 37.3 Å². The number of benzene rings is 1. The fourth-order valence-electron chi connectivity index (χ4n) is 2.82. The highest BCUT2D eigenvalue weighted by molar-refractivity contribution is 6.39. The molecule has 0 saturated heterocycles. The average molecular weight is 369 g/mol. The molecule has 1 aliphatic carbocycles. The van der Waals surface area contributed by atoms with Gasteiger partial charge >= 0.3 is 0 Å². The number of rotatable bonds is 6. The van der Waals surface area contributed by atoms with Crippen LogP contribution in [0.5, 0.6) is 0 Å². The van der Waals surface area contributed by atoms with Crippen molar-refractivity contribution in [2.45, 2.75) is 38.3 Å². The van der Waals surface area contributed by atoms with E-state index in [2.05, 4.69) is 4.98 Å². The minimum atomic E-state index is -0.411. The Labute approximate surface area is 148 Å². The molecule has 1 unspecified atom stereocenters. The first-order chi connectivity index (χ1) is 11.4. The maximum Gasteiger partial charge on any atom is 0.263 e. The molecule has 1 aromatic heterocycles. The maximum absolute atomic E-state index is 13.0. The quantitative estimate of drug-likeness (QED) is 0.816. The highest BCUT2D eigenvalue weighted by atomic mass is 35.5. The Balaban J connectivity index is 2.15. The zero-order valence-electron chi connectivity index (χ0n) is 13.0. The SMILES string of the molecule is NC(=O)CCCn1c(C(N)C2CC2)nc2c(Cl)ccc(Cl)c2c1=O. The number of nitrogens with two attached hydrogens (primary N) is 2. The lowest BCUT2D eigenvalue weighted by molar-refractivity contribution is -0.118. The number of hydrogen-bond acceptors (Lipinski definition) is 4. The average Bonchev–Trinajstić information content (AvgIpc) is 3.36. The number of halogens is 2. The van der Waals surface area contributed by atoms with Gasteiger partial charge in [0.15, 0.2) is 0 Å². The minimum absolute atomic E-state index is 0.186. The molecule has 3 rings (SSSR count). The van der Waals surface area contributed by atoms with Crippen molar-refractivity contribution >= 4 is 40.0 Å². The lowest BCUT2D eigenvalue weighted by Crippen LogP contribution is -2.31. The smallest absolute Gasteiger partial charge is 0.263 e. The van der Waals surface area contributed by atoms with Crippen molar-refractivity contribution in [1.29, 1.82) is 0 Å². The van der Waals surface area contributed by atoms with E-state index < -0.39 is 5.91 Å². The standard InChI is InChI=1S/C16H18Cl2N4O2/c17-9-5-6-10(18)14-12(9)16(24)22(7-1-2-11(19)23)15(21-14)13(20)8-3-4-8/h5-6,8,13H,1-4,7,20H2,(H2,19,23). The van der Waals surface area contributed by atoms with Crippen molar-refractivity contribution in [1.82, 2.24) is 9.55 Å². The number of amides is 1. The molecule has 1 amide bonds. The topological polar surface area (TPSA) is 104 Å². The lowest BCUT2D eigenvalue weighted by atomic mass is 10.1. The van der Waals surface area contributed by atoms with Gasteiger partial charge in [0.25, 0.3) is 5.56 Å². The van der Waals surface area contributed by atoms with Crippen LogP contribution in [0.4, 0.5) is 0 Å². The van der Waals surface area contributed by atoms with Gasteiger partial charge in [0.1, 0.15) is 5.82 Å². The number of nitrogens with zero attached hydrogens (tertiary/aromatic N) is 2. The van der Waals surface area contributed by atoms with Crippen LogP contribution >= 0.6 is 23.2 Å². The summed E-state index contributed by atoms with van der Waals surface area (Å²) >= 11 is 12.4. The van der Waals surface area contributed by atoms with Gasteiger partial charge < -0.3 is 11.5 Å². The second-order valence-corrected chi connectivity index (χ2v) is 6.93. The summed E-state index contributed by atoms with van der Waals surface area (Å²) < 4.78 is 1.51. The summed E-state index contributed by atoms with van der Waals surface area (Å²) in [7, 11) is 0. The van der Waals surface area contributed by atoms with Crippen LogP contribution in [-0.4, -0.2) is 15.5 Å². The summed E-state index contributed by atoms with van der Waals surface area (Å²) in [6, 6.07) is 2.84. The van der Waals surface area contributed by atoms with Crippen molar-refractivity contribution in [3.63, 3.8) is 0 Å². The van der Waals surface area contributed by atoms with Gasteiger partial charge in [-0.3, -0.25) is 14.2 Å². The van der Waals surface area contributed by atoms with Crippen LogP contribution in [0.2, 0.25) is 10.0 Å². The first kappa shape index (κ1) is 17.2. The molecular weight excluding hydrogens is 351 g/mol. The van der Waals surface area contributed by atoms with Gasteiger partial charge in [0.05, 0.1) is 27.0 Å². The number of carbonyl (C=O) groups excluding carboxylic acids is 1. The maximum atomic E-state index is 13.0. The van der Waals surface area contributed by atoms with Gasteiger partial charge in [-0.2, -0.15) is 0 Å². The molecule has 128 valence electrons. The molecule has 2 aromatic rings. The van der Waals surface area contributed by atoms with Crippen LogP contribution in [0, 0.1) is 5.92 Å². The Kier molecular flexibility index (Phi) is 4.80. The minimum Gasteiger partial charge on any atom is -0.370 e. The van der Waals surface area contributed by atoms with Crippen molar-refractivity contribution < 1.29 is 4.79 Å². The Morgan fingerprint density at radius 2 is 2.00 bits per heavy atom. The molecule has 1 saturated carbocycles. The highest BCUT2D eigenvalue weighted by Crippen LogP contribution is 2.39. The van der Waals surface area contributed by atoms with E-state index in [1.54, 1.807) is 12.1 Å². The number of hydrogen-bond donors (Lipinski definition) is 2. The largest absolute Gasteiger partial charge is 0.370 e. The first-order valence-electron chi connectivity index (χ1n) is 7.82. The summed E-state index contributed by atoms with van der Waals surface area (Å²) in [5, 5.41) is 0.928. The van der Waals surface area contributed by atoms with Crippen LogP contribution in [-0.2, 0) is 11.3 Å². The monoisotopic (exact) mass is 368 g/mol. The van der Waals surface area contributed by atoms with E-state index in [4.69, 9.17) is 34.7 Å². The molecule has 1 aliphatic rings. The third-order valence-electron chi connectivity index (χ3n) is 4.27. The van der Waals surface area contributed by atoms with Crippen molar-refractivity contribution in [3.05, 3.63) is 38.4 Å². The van der Waals surface area contributed by atoms with Crippen molar-refractivity contribution in [2.24, 2.45) is 17.4 Å². The normalized spacial score (nSPS) is 15.6. The number of fused-ring (bicyclic) bond motifs is 1. The van der Waals surface area contributed by atoms with E-state index in [1.165, 1.54) is 4.57 Å². The molecule has 0 spiro atoms. The fraction of sp³-hybridized carbons (Fsp3) is 0.438. The Hall–Kier alpha value is -1.63. The Morgan fingerprint density at radius 1 is 1.33 bits per heavy atom. The van der Waals surface area contributed by atoms with Crippen LogP contribution in [0.15, 0.2) is 16.9 Å². The molecule has 0 aliphatic heterocycles. The molecular formula is C16H18Cl2N4O2. The van der Waals surface area contributed by atoms with E-state index in [0.29, 0.717) is 40.3 Å². The third-order valence-corrected chi connectivity index (χ3v) is 4.89. The first-order valence-corrected chi connectivity index (χ1v) is 8.58. The van der Waals surface area contributed by atoms with E-state index in [1.807, 2.05) is 0 Å². The van der Waals surface area contributed by atoms with Crippen LogP contribution in [0.3, 0.4) is 0 Å². The van der Waals surface area contributed by atoms with Gasteiger partial charge in [0.2, 0.25) is 5.91 Å². The van der Waals surface area contributed by atoms with Gasteiger partial charge in [0, 0.05) is 13.0 Å². The van der Waals surface area contributed by atoms with Crippen LogP contribution in [0.25, 0.3) is 10.9 Å². The van der Waals surface area contributed by atoms with Gasteiger partial charge in [-0.25, -0.2) is 4.98 Å². The number of carbonyl (C=O) groups is 1. The summed E-state index contributed by atoms with van der Waals surface area (Å²) in [6.07, 6.45) is 2.65. The third kappa shape index (κ3) is 3.27. The molecule has 1 aromatic carbocycles. The second kappa shape index (κ2) is 6.70. The molecule has 4 N–H and O–H groups in total. The highest BCUT2D eigenvalue weighted by Gasteiger charge is 2.33. The summed E-state index contributed by atoms with van der Waals surface area (Å²) in [4.78, 5) is 28.5. The van der Waals surface area contributed by atoms with Gasteiger partial charge in [-0.1, -0.05) is 23.2 Å². The van der Waals surface area contributed by atoms with Crippen LogP contribution in [0.1, 0.15) is 37.5 Å². The number of aromatic nitrogens is 2. The summed E-state index contributed by atoms with van der Waals surface area (Å²) in [6.45, 7) is 0.309. The van der Waals surface area contributed by atoms with Crippen molar-refractivity contribution in [2.75, 3.05) is 0 Å². The molecule has 24 heavy (non-hydrogen) atoms. The zero-order chi connectivity index (χ0) is 17.4. The molecule has 1 atom stereocenters. The molecule has 8 heteroatoms. The van der Waals surface area contributed by atoms with E-state index in [-0.39, 0.29) is 23.4 Å². The Morgan fingerprint density at radius 3 is 2.62 bits per heavy atom. The predicted octanol–water partition coefficient (Wildman–Crippen LogP) is 2.38. The van der Waals surface area contributed by atoms with E-state index >= 15 is 0 Å². The fourth-order valence-corrected chi connectivity index (χ4v) is 3.25. The zero-order valence-corrected chi connectivity index (χ0v) is 14.5. The summed E-state index contributed by atoms with van der Waals surface area (Å²) in [5.41, 5.74) is 11.5. The molecule has 1 heterocycles. The summed E-state index contributed by atoms with van der Waals surface area (Å²) in [5.74, 6) is 0.393. The van der Waals surface area contributed by atoms with Crippen molar-refractivity contribution in [3.8, 4) is 0 Å². The molecule has 1 fully saturated rings. The molecule has 0 radical (unpaired) electrons. The van der Waals surface area contributed by atoms with E-state index in [9.17, 15) is 9.59 Å². The van der Waals surface area contributed by atoms with Crippen LogP contribution < -0.4 is 17.0 Å². The van der Waals surface area contributed by atoms with Gasteiger partial charge in [-0.15, -0.1) is 0 Å². The molecule has 6 nitrogen and oxygen atoms in total. The van der Waals surface area contributed by atoms with E-state index in [0.717, 1.165) is 12.8 Å². The Bertz CT molecular complexity index is 861. The second-order valence-electron chi connectivity index (χ2n) is 6.11.